The van der Waals surface area contributed by atoms with Gasteiger partial charge in [-0.15, -0.1) is 0 Å². The third kappa shape index (κ3) is 2.57. The average molecular weight is 325 g/mol. The molecular weight excluding hydrogens is 315 g/mol. The predicted molar refractivity (Wildman–Crippen MR) is 73.1 cm³/mol. The molecule has 0 bridgehead atoms. The lowest BCUT2D eigenvalue weighted by atomic mass is 9.95. The number of esters is 1. The Balaban J connectivity index is 2.48. The van der Waals surface area contributed by atoms with Crippen LogP contribution >= 0.6 is 34.8 Å². The summed E-state index contributed by atoms with van der Waals surface area (Å²) < 4.78 is 16.7. The molecule has 0 radical (unpaired) electrons. The number of ether oxygens (including phenoxy) is 1. The van der Waals surface area contributed by atoms with E-state index < -0.39 is 22.0 Å². The van der Waals surface area contributed by atoms with Crippen molar-refractivity contribution in [1.29, 1.82) is 0 Å². The maximum atomic E-state index is 13.5. The monoisotopic (exact) mass is 323 g/mol. The third-order valence-corrected chi connectivity index (χ3v) is 3.86. The highest BCUT2D eigenvalue weighted by molar-refractivity contribution is 6.50. The van der Waals surface area contributed by atoms with Crippen molar-refractivity contribution in [3.63, 3.8) is 0 Å². The first-order valence-electron chi connectivity index (χ1n) is 5.46. The van der Waals surface area contributed by atoms with Gasteiger partial charge in [0.15, 0.2) is 4.33 Å². The van der Waals surface area contributed by atoms with Gasteiger partial charge >= 0.3 is 5.97 Å². The Kier molecular flexibility index (Phi) is 4.04. The van der Waals surface area contributed by atoms with Crippen LogP contribution in [0.1, 0.15) is 12.5 Å². The average Bonchev–Trinajstić information content (AvgIpc) is 2.32. The van der Waals surface area contributed by atoms with Gasteiger partial charge in [0.2, 0.25) is 0 Å². The summed E-state index contributed by atoms with van der Waals surface area (Å²) in [5.41, 5.74) is 0.523. The van der Waals surface area contributed by atoms with Gasteiger partial charge < -0.3 is 4.74 Å². The zero-order valence-corrected chi connectivity index (χ0v) is 12.1. The molecule has 1 atom stereocenters. The highest BCUT2D eigenvalue weighted by atomic mass is 35.5. The molecule has 1 aromatic rings. The summed E-state index contributed by atoms with van der Waals surface area (Å²) >= 11 is 18.0. The van der Waals surface area contributed by atoms with Gasteiger partial charge in [0.05, 0.1) is 17.3 Å². The Morgan fingerprint density at radius 2 is 2.21 bits per heavy atom. The van der Waals surface area contributed by atoms with Gasteiger partial charge in [-0.3, -0.25) is 9.79 Å². The van der Waals surface area contributed by atoms with Crippen molar-refractivity contribution < 1.29 is 13.9 Å². The summed E-state index contributed by atoms with van der Waals surface area (Å²) in [4.78, 5) is 15.8. The van der Waals surface area contributed by atoms with E-state index in [-0.39, 0.29) is 17.2 Å². The standard InChI is InChI=1S/C12H9Cl3FNO2/c1-2-19-11(18)7-5-17-10-4-8(13)9(16)3-6(10)12(7,14)15/h3-5,7H,2H2,1H3. The molecule has 0 spiro atoms. The number of hydrogen-bond donors (Lipinski definition) is 0. The summed E-state index contributed by atoms with van der Waals surface area (Å²) in [6.45, 7) is 1.85. The highest BCUT2D eigenvalue weighted by Gasteiger charge is 2.45. The lowest BCUT2D eigenvalue weighted by molar-refractivity contribution is -0.145. The topological polar surface area (TPSA) is 38.7 Å². The largest absolute Gasteiger partial charge is 0.465 e. The minimum Gasteiger partial charge on any atom is -0.465 e. The number of hydrogen-bond acceptors (Lipinski definition) is 3. The van der Waals surface area contributed by atoms with Gasteiger partial charge in [0, 0.05) is 11.8 Å². The molecule has 7 heteroatoms. The molecule has 1 unspecified atom stereocenters. The number of rotatable bonds is 2. The number of halogens is 4. The molecule has 0 amide bonds. The summed E-state index contributed by atoms with van der Waals surface area (Å²) in [5.74, 6) is -2.29. The number of alkyl halides is 2. The SMILES string of the molecule is CCOC(=O)C1C=Nc2cc(Cl)c(F)cc2C1(Cl)Cl. The number of carbonyl (C=O) groups excluding carboxylic acids is 1. The first-order valence-corrected chi connectivity index (χ1v) is 6.59. The van der Waals surface area contributed by atoms with Crippen LogP contribution in [0.3, 0.4) is 0 Å². The Morgan fingerprint density at radius 1 is 1.53 bits per heavy atom. The van der Waals surface area contributed by atoms with Gasteiger partial charge in [-0.05, 0) is 19.1 Å². The van der Waals surface area contributed by atoms with Crippen LogP contribution in [0.5, 0.6) is 0 Å². The van der Waals surface area contributed by atoms with Crippen LogP contribution < -0.4 is 0 Å². The van der Waals surface area contributed by atoms with Gasteiger partial charge in [-0.1, -0.05) is 34.8 Å². The third-order valence-electron chi connectivity index (χ3n) is 2.69. The second-order valence-electron chi connectivity index (χ2n) is 3.91. The van der Waals surface area contributed by atoms with Crippen LogP contribution in [0, 0.1) is 11.7 Å². The first-order chi connectivity index (χ1) is 8.87. The fourth-order valence-corrected chi connectivity index (χ4v) is 2.52. The molecule has 0 fully saturated rings. The molecule has 3 nitrogen and oxygen atoms in total. The van der Waals surface area contributed by atoms with E-state index in [4.69, 9.17) is 39.5 Å². The molecule has 0 saturated heterocycles. The van der Waals surface area contributed by atoms with Crippen molar-refractivity contribution >= 4 is 52.7 Å². The van der Waals surface area contributed by atoms with Crippen molar-refractivity contribution in [2.75, 3.05) is 6.61 Å². The fourth-order valence-electron chi connectivity index (χ4n) is 1.77. The lowest BCUT2D eigenvalue weighted by Crippen LogP contribution is -2.35. The van der Waals surface area contributed by atoms with E-state index in [2.05, 4.69) is 4.99 Å². The van der Waals surface area contributed by atoms with Crippen LogP contribution in [0.2, 0.25) is 5.02 Å². The number of carbonyl (C=O) groups is 1. The maximum Gasteiger partial charge on any atom is 0.317 e. The molecule has 1 aromatic carbocycles. The van der Waals surface area contributed by atoms with Crippen LogP contribution in [0.4, 0.5) is 10.1 Å². The molecule has 102 valence electrons. The smallest absolute Gasteiger partial charge is 0.317 e. The van der Waals surface area contributed by atoms with Gasteiger partial charge in [0.1, 0.15) is 11.7 Å². The van der Waals surface area contributed by atoms with Crippen LogP contribution in [-0.4, -0.2) is 18.8 Å². The fraction of sp³-hybridized carbons (Fsp3) is 0.333. The maximum absolute atomic E-state index is 13.5. The first kappa shape index (κ1) is 14.6. The van der Waals surface area contributed by atoms with Gasteiger partial charge in [0.25, 0.3) is 0 Å². The van der Waals surface area contributed by atoms with Crippen molar-refractivity contribution in [1.82, 2.24) is 0 Å². The zero-order chi connectivity index (χ0) is 14.2. The van der Waals surface area contributed by atoms with Crippen molar-refractivity contribution in [3.05, 3.63) is 28.5 Å². The molecule has 1 heterocycles. The molecular formula is C12H9Cl3FNO2. The molecule has 1 aliphatic heterocycles. The van der Waals surface area contributed by atoms with E-state index in [1.165, 1.54) is 12.3 Å². The lowest BCUT2D eigenvalue weighted by Gasteiger charge is -2.30. The molecule has 19 heavy (non-hydrogen) atoms. The van der Waals surface area contributed by atoms with E-state index >= 15 is 0 Å². The summed E-state index contributed by atoms with van der Waals surface area (Å²) in [6, 6.07) is 2.39. The van der Waals surface area contributed by atoms with E-state index in [0.29, 0.717) is 5.69 Å². The molecule has 0 saturated carbocycles. The predicted octanol–water partition coefficient (Wildman–Crippen LogP) is 4.00. The Morgan fingerprint density at radius 3 is 2.84 bits per heavy atom. The quantitative estimate of drug-likeness (QED) is 0.609. The second-order valence-corrected chi connectivity index (χ2v) is 5.71. The molecule has 0 aromatic heterocycles. The minimum atomic E-state index is -1.64. The minimum absolute atomic E-state index is 0.0883. The normalized spacial score (nSPS) is 19.9. The summed E-state index contributed by atoms with van der Waals surface area (Å²) in [6.07, 6.45) is 1.29. The molecule has 0 aliphatic carbocycles. The number of nitrogens with zero attached hydrogens (tertiary/aromatic N) is 1. The van der Waals surface area contributed by atoms with E-state index in [0.717, 1.165) is 6.07 Å². The van der Waals surface area contributed by atoms with Crippen molar-refractivity contribution in [3.8, 4) is 0 Å². The van der Waals surface area contributed by atoms with E-state index in [9.17, 15) is 9.18 Å². The molecule has 2 rings (SSSR count). The summed E-state index contributed by atoms with van der Waals surface area (Å²) in [5, 5.41) is -0.0883. The molecule has 1 aliphatic rings. The number of aliphatic imine (C=N–C) groups is 1. The second kappa shape index (κ2) is 5.27. The highest BCUT2D eigenvalue weighted by Crippen LogP contribution is 2.49. The van der Waals surface area contributed by atoms with E-state index in [1.807, 2.05) is 0 Å². The Labute approximate surface area is 124 Å². The Bertz CT molecular complexity index is 560. The number of fused-ring (bicyclic) bond motifs is 1. The van der Waals surface area contributed by atoms with Crippen molar-refractivity contribution in [2.24, 2.45) is 10.9 Å². The Hall–Kier alpha value is -0.840. The van der Waals surface area contributed by atoms with Crippen molar-refractivity contribution in [2.45, 2.75) is 11.3 Å². The van der Waals surface area contributed by atoms with Gasteiger partial charge in [-0.25, -0.2) is 4.39 Å². The van der Waals surface area contributed by atoms with E-state index in [1.54, 1.807) is 6.92 Å². The zero-order valence-electron chi connectivity index (χ0n) is 9.79. The van der Waals surface area contributed by atoms with Crippen LogP contribution in [0.15, 0.2) is 17.1 Å². The number of benzene rings is 1. The van der Waals surface area contributed by atoms with Crippen LogP contribution in [0.25, 0.3) is 0 Å². The van der Waals surface area contributed by atoms with Gasteiger partial charge in [-0.2, -0.15) is 0 Å². The van der Waals surface area contributed by atoms with Crippen LogP contribution in [-0.2, 0) is 13.9 Å². The summed E-state index contributed by atoms with van der Waals surface area (Å²) in [7, 11) is 0. The molecule has 0 N–H and O–H groups in total.